The number of thioether (sulfide) groups is 1. The van der Waals surface area contributed by atoms with Gasteiger partial charge in [0.05, 0.1) is 0 Å². The molecule has 2 heteroatoms. The Hall–Kier alpha value is -0.470. The summed E-state index contributed by atoms with van der Waals surface area (Å²) >= 11 is 1.94. The lowest BCUT2D eigenvalue weighted by molar-refractivity contribution is 0.472. The van der Waals surface area contributed by atoms with Crippen molar-refractivity contribution >= 4 is 11.8 Å². The van der Waals surface area contributed by atoms with E-state index in [9.17, 15) is 0 Å². The van der Waals surface area contributed by atoms with Crippen LogP contribution in [0.3, 0.4) is 0 Å². The molecular weight excluding hydrogens is 202 g/mol. The molecule has 15 heavy (non-hydrogen) atoms. The number of hydrogen-bond donors (Lipinski definition) is 1. The van der Waals surface area contributed by atoms with E-state index in [1.807, 2.05) is 11.8 Å². The van der Waals surface area contributed by atoms with Gasteiger partial charge < -0.3 is 5.73 Å². The largest absolute Gasteiger partial charge is 0.328 e. The first-order valence-corrected chi connectivity index (χ1v) is 6.60. The maximum Gasteiger partial charge on any atom is 0.00719 e. The molecule has 2 N–H and O–H groups in total. The number of rotatable bonds is 6. The molecular formula is C13H21NS. The first-order chi connectivity index (χ1) is 7.18. The highest BCUT2D eigenvalue weighted by molar-refractivity contribution is 7.99. The van der Waals surface area contributed by atoms with Gasteiger partial charge in [-0.1, -0.05) is 25.1 Å². The monoisotopic (exact) mass is 223 g/mol. The first-order valence-electron chi connectivity index (χ1n) is 5.62. The maximum absolute atomic E-state index is 5.77. The zero-order chi connectivity index (χ0) is 11.1. The summed E-state index contributed by atoms with van der Waals surface area (Å²) in [7, 11) is 0. The van der Waals surface area contributed by atoms with Gasteiger partial charge >= 0.3 is 0 Å². The highest BCUT2D eigenvalue weighted by Crippen LogP contribution is 2.21. The third kappa shape index (κ3) is 5.85. The van der Waals surface area contributed by atoms with Crippen molar-refractivity contribution in [2.75, 3.05) is 5.75 Å². The van der Waals surface area contributed by atoms with Crippen LogP contribution in [0.1, 0.15) is 26.7 Å². The van der Waals surface area contributed by atoms with E-state index in [1.165, 1.54) is 17.1 Å². The second kappa shape index (κ2) is 6.91. The minimum absolute atomic E-state index is 0.335. The van der Waals surface area contributed by atoms with Crippen LogP contribution in [0.4, 0.5) is 0 Å². The van der Waals surface area contributed by atoms with Crippen molar-refractivity contribution in [2.24, 2.45) is 11.7 Å². The average molecular weight is 223 g/mol. The SMILES string of the molecule is CC(N)CC(C)CCSc1ccccc1. The van der Waals surface area contributed by atoms with Crippen molar-refractivity contribution in [3.63, 3.8) is 0 Å². The topological polar surface area (TPSA) is 26.0 Å². The Bertz CT molecular complexity index is 258. The standard InChI is InChI=1S/C13H21NS/c1-11(10-12(2)14)8-9-15-13-6-4-3-5-7-13/h3-7,11-12H,8-10,14H2,1-2H3. The molecule has 0 amide bonds. The third-order valence-corrected chi connectivity index (χ3v) is 3.44. The van der Waals surface area contributed by atoms with Crippen molar-refractivity contribution in [1.82, 2.24) is 0 Å². The molecule has 0 spiro atoms. The first kappa shape index (κ1) is 12.6. The fraction of sp³-hybridized carbons (Fsp3) is 0.538. The van der Waals surface area contributed by atoms with Gasteiger partial charge in [0.1, 0.15) is 0 Å². The quantitative estimate of drug-likeness (QED) is 0.746. The van der Waals surface area contributed by atoms with Gasteiger partial charge in [-0.3, -0.25) is 0 Å². The van der Waals surface area contributed by atoms with Gasteiger partial charge in [-0.15, -0.1) is 11.8 Å². The summed E-state index contributed by atoms with van der Waals surface area (Å²) in [5, 5.41) is 0. The normalized spacial score (nSPS) is 14.9. The van der Waals surface area contributed by atoms with Gasteiger partial charge in [0.15, 0.2) is 0 Å². The fourth-order valence-electron chi connectivity index (χ4n) is 1.65. The fourth-order valence-corrected chi connectivity index (χ4v) is 2.75. The predicted octanol–water partition coefficient (Wildman–Crippen LogP) is 3.54. The number of hydrogen-bond acceptors (Lipinski definition) is 2. The molecule has 0 bridgehead atoms. The van der Waals surface area contributed by atoms with Crippen LogP contribution in [0.5, 0.6) is 0 Å². The average Bonchev–Trinajstić information content (AvgIpc) is 2.18. The lowest BCUT2D eigenvalue weighted by atomic mass is 10.0. The molecule has 1 aromatic carbocycles. The molecule has 1 aromatic rings. The molecule has 0 aliphatic rings. The molecule has 1 rings (SSSR count). The van der Waals surface area contributed by atoms with Crippen molar-refractivity contribution in [3.8, 4) is 0 Å². The maximum atomic E-state index is 5.77. The Morgan fingerprint density at radius 1 is 1.20 bits per heavy atom. The van der Waals surface area contributed by atoms with Crippen LogP contribution < -0.4 is 5.73 Å². The van der Waals surface area contributed by atoms with Crippen LogP contribution in [0.25, 0.3) is 0 Å². The summed E-state index contributed by atoms with van der Waals surface area (Å²) in [5.74, 6) is 1.93. The zero-order valence-corrected chi connectivity index (χ0v) is 10.5. The van der Waals surface area contributed by atoms with Crippen LogP contribution in [0.2, 0.25) is 0 Å². The molecule has 0 aliphatic heterocycles. The van der Waals surface area contributed by atoms with Gasteiger partial charge in [0, 0.05) is 10.9 Å². The second-order valence-corrected chi connectivity index (χ2v) is 5.44. The molecule has 0 heterocycles. The Morgan fingerprint density at radius 2 is 1.87 bits per heavy atom. The van der Waals surface area contributed by atoms with E-state index >= 15 is 0 Å². The van der Waals surface area contributed by atoms with E-state index in [0.717, 1.165) is 12.3 Å². The summed E-state index contributed by atoms with van der Waals surface area (Å²) in [6.45, 7) is 4.37. The van der Waals surface area contributed by atoms with E-state index in [4.69, 9.17) is 5.73 Å². The smallest absolute Gasteiger partial charge is 0.00719 e. The predicted molar refractivity (Wildman–Crippen MR) is 69.2 cm³/mol. The van der Waals surface area contributed by atoms with Crippen LogP contribution >= 0.6 is 11.8 Å². The molecule has 84 valence electrons. The van der Waals surface area contributed by atoms with Gasteiger partial charge in [-0.25, -0.2) is 0 Å². The van der Waals surface area contributed by atoms with E-state index in [2.05, 4.69) is 44.2 Å². The third-order valence-electron chi connectivity index (χ3n) is 2.40. The Balaban J connectivity index is 2.16. The van der Waals surface area contributed by atoms with Crippen LogP contribution in [0.15, 0.2) is 35.2 Å². The minimum atomic E-state index is 0.335. The summed E-state index contributed by atoms with van der Waals surface area (Å²) in [6.07, 6.45) is 2.39. The van der Waals surface area contributed by atoms with Crippen molar-refractivity contribution in [1.29, 1.82) is 0 Å². The van der Waals surface area contributed by atoms with E-state index in [0.29, 0.717) is 6.04 Å². The van der Waals surface area contributed by atoms with Crippen LogP contribution in [-0.4, -0.2) is 11.8 Å². The lowest BCUT2D eigenvalue weighted by Gasteiger charge is -2.13. The zero-order valence-electron chi connectivity index (χ0n) is 9.65. The Labute approximate surface area is 97.4 Å². The second-order valence-electron chi connectivity index (χ2n) is 4.27. The molecule has 2 atom stereocenters. The molecule has 2 unspecified atom stereocenters. The van der Waals surface area contributed by atoms with Crippen molar-refractivity contribution < 1.29 is 0 Å². The molecule has 0 saturated heterocycles. The molecule has 1 nitrogen and oxygen atoms in total. The van der Waals surface area contributed by atoms with Gasteiger partial charge in [-0.2, -0.15) is 0 Å². The summed E-state index contributed by atoms with van der Waals surface area (Å²) in [4.78, 5) is 1.37. The molecule has 0 fully saturated rings. The van der Waals surface area contributed by atoms with E-state index < -0.39 is 0 Å². The molecule has 0 aliphatic carbocycles. The number of nitrogens with two attached hydrogens (primary N) is 1. The van der Waals surface area contributed by atoms with Crippen molar-refractivity contribution in [2.45, 2.75) is 37.6 Å². The van der Waals surface area contributed by atoms with Crippen molar-refractivity contribution in [3.05, 3.63) is 30.3 Å². The summed E-state index contributed by atoms with van der Waals surface area (Å²) in [5.41, 5.74) is 5.77. The lowest BCUT2D eigenvalue weighted by Crippen LogP contribution is -2.18. The van der Waals surface area contributed by atoms with Gasteiger partial charge in [0.2, 0.25) is 0 Å². The summed E-state index contributed by atoms with van der Waals surface area (Å²) < 4.78 is 0. The Kier molecular flexibility index (Phi) is 5.81. The highest BCUT2D eigenvalue weighted by atomic mass is 32.2. The number of benzene rings is 1. The van der Waals surface area contributed by atoms with Crippen LogP contribution in [-0.2, 0) is 0 Å². The molecule has 0 aromatic heterocycles. The summed E-state index contributed by atoms with van der Waals surface area (Å²) in [6, 6.07) is 10.9. The van der Waals surface area contributed by atoms with E-state index in [-0.39, 0.29) is 0 Å². The molecule has 0 radical (unpaired) electrons. The Morgan fingerprint density at radius 3 is 2.47 bits per heavy atom. The van der Waals surface area contributed by atoms with Gasteiger partial charge in [-0.05, 0) is 43.6 Å². The van der Waals surface area contributed by atoms with Crippen LogP contribution in [0, 0.1) is 5.92 Å². The molecule has 0 saturated carbocycles. The van der Waals surface area contributed by atoms with Gasteiger partial charge in [0.25, 0.3) is 0 Å². The highest BCUT2D eigenvalue weighted by Gasteiger charge is 2.05. The van der Waals surface area contributed by atoms with E-state index in [1.54, 1.807) is 0 Å². The minimum Gasteiger partial charge on any atom is -0.328 e.